The Balaban J connectivity index is 1.58. The minimum atomic E-state index is -4.15. The first-order valence-electron chi connectivity index (χ1n) is 10.7. The van der Waals surface area contributed by atoms with Gasteiger partial charge in [-0.05, 0) is 78.9 Å². The van der Waals surface area contributed by atoms with Gasteiger partial charge in [-0.1, -0.05) is 46.9 Å². The van der Waals surface area contributed by atoms with Crippen LogP contribution in [0, 0.1) is 0 Å². The molecule has 1 fully saturated rings. The number of benzene rings is 3. The van der Waals surface area contributed by atoms with E-state index in [1.165, 1.54) is 42.5 Å². The largest absolute Gasteiger partial charge is 0.490 e. The lowest BCUT2D eigenvalue weighted by molar-refractivity contribution is -0.123. The smallest absolute Gasteiger partial charge is 0.339 e. The van der Waals surface area contributed by atoms with Crippen LogP contribution in [0.25, 0.3) is 6.08 Å². The molecule has 0 aromatic heterocycles. The number of ether oxygens (including phenoxy) is 1. The maximum atomic E-state index is 13.0. The van der Waals surface area contributed by atoms with Crippen molar-refractivity contribution < 1.29 is 26.9 Å². The predicted molar refractivity (Wildman–Crippen MR) is 145 cm³/mol. The summed E-state index contributed by atoms with van der Waals surface area (Å²) in [5.74, 6) is -0.388. The average Bonchev–Trinajstić information content (AvgIpc) is 3.10. The topological polar surface area (TPSA) is 90.0 Å². The summed E-state index contributed by atoms with van der Waals surface area (Å²) in [6.45, 7) is 1.89. The van der Waals surface area contributed by atoms with Crippen LogP contribution in [0.2, 0.25) is 15.1 Å². The van der Waals surface area contributed by atoms with E-state index in [0.29, 0.717) is 26.2 Å². The number of hydrogen-bond donors (Lipinski definition) is 0. The van der Waals surface area contributed by atoms with Crippen molar-refractivity contribution >= 4 is 73.9 Å². The third-order valence-electron chi connectivity index (χ3n) is 5.12. The molecule has 1 saturated heterocycles. The van der Waals surface area contributed by atoms with Gasteiger partial charge in [-0.25, -0.2) is 0 Å². The van der Waals surface area contributed by atoms with Gasteiger partial charge in [-0.15, -0.1) is 0 Å². The first-order chi connectivity index (χ1) is 17.6. The van der Waals surface area contributed by atoms with Crippen LogP contribution in [0.3, 0.4) is 0 Å². The molecule has 0 N–H and O–H groups in total. The van der Waals surface area contributed by atoms with E-state index in [-0.39, 0.29) is 34.5 Å². The van der Waals surface area contributed by atoms with Gasteiger partial charge in [0.1, 0.15) is 4.90 Å². The van der Waals surface area contributed by atoms with E-state index in [1.54, 1.807) is 31.2 Å². The maximum Gasteiger partial charge on any atom is 0.339 e. The lowest BCUT2D eigenvalue weighted by atomic mass is 10.1. The van der Waals surface area contributed by atoms with Crippen LogP contribution in [-0.4, -0.2) is 31.1 Å². The number of carbonyl (C=O) groups excluding carboxylic acids is 2. The predicted octanol–water partition coefficient (Wildman–Crippen LogP) is 7.05. The fourth-order valence-electron chi connectivity index (χ4n) is 3.35. The van der Waals surface area contributed by atoms with Gasteiger partial charge in [-0.3, -0.25) is 14.5 Å². The number of rotatable bonds is 8. The third kappa shape index (κ3) is 6.25. The molecule has 0 aliphatic carbocycles. The van der Waals surface area contributed by atoms with Gasteiger partial charge in [0.05, 0.1) is 18.1 Å². The number of nitrogens with zero attached hydrogens (tertiary/aromatic N) is 1. The lowest BCUT2D eigenvalue weighted by Gasteiger charge is -2.14. The zero-order chi connectivity index (χ0) is 26.7. The monoisotopic (exact) mass is 597 g/mol. The van der Waals surface area contributed by atoms with Crippen molar-refractivity contribution in [1.29, 1.82) is 0 Å². The number of carbonyl (C=O) groups is 2. The normalized spacial score (nSPS) is 14.9. The summed E-state index contributed by atoms with van der Waals surface area (Å²) < 4.78 is 36.3. The molecule has 37 heavy (non-hydrogen) atoms. The summed E-state index contributed by atoms with van der Waals surface area (Å²) in [4.78, 5) is 26.7. The Hall–Kier alpha value is -2.69. The number of thioether (sulfide) groups is 1. The molecule has 7 nitrogen and oxygen atoms in total. The van der Waals surface area contributed by atoms with Crippen LogP contribution in [0.15, 0.2) is 70.5 Å². The number of halogens is 3. The Morgan fingerprint density at radius 2 is 1.62 bits per heavy atom. The van der Waals surface area contributed by atoms with Crippen LogP contribution in [0.4, 0.5) is 4.79 Å². The molecule has 1 aliphatic heterocycles. The maximum absolute atomic E-state index is 13.0. The SMILES string of the molecule is CCOc1cc(/C=C2\SC(=O)N(Cc3c(Cl)cccc3Cl)C2=O)ccc1OS(=O)(=O)c1ccc(Cl)cc1. The van der Waals surface area contributed by atoms with Crippen molar-refractivity contribution in [2.75, 3.05) is 6.61 Å². The van der Waals surface area contributed by atoms with Crippen LogP contribution in [-0.2, 0) is 21.5 Å². The van der Waals surface area contributed by atoms with E-state index in [2.05, 4.69) is 0 Å². The molecule has 4 rings (SSSR count). The molecular formula is C25H18Cl3NO6S2. The van der Waals surface area contributed by atoms with Gasteiger partial charge < -0.3 is 8.92 Å². The minimum absolute atomic E-state index is 0.0320. The summed E-state index contributed by atoms with van der Waals surface area (Å²) in [7, 11) is -4.15. The number of imide groups is 1. The Morgan fingerprint density at radius 1 is 0.946 bits per heavy atom. The van der Waals surface area contributed by atoms with Gasteiger partial charge >= 0.3 is 10.1 Å². The van der Waals surface area contributed by atoms with Gasteiger partial charge in [0.15, 0.2) is 11.5 Å². The van der Waals surface area contributed by atoms with E-state index < -0.39 is 21.3 Å². The standard InChI is InChI=1S/C25H18Cl3NO6S2/c1-2-34-22-12-15(6-11-21(22)35-37(32,33)17-9-7-16(26)8-10-17)13-23-24(30)29(25(31)36-23)14-18-19(27)4-3-5-20(18)28/h3-13H,2,14H2,1H3/b23-13-. The molecule has 0 radical (unpaired) electrons. The molecular weight excluding hydrogens is 581 g/mol. The van der Waals surface area contributed by atoms with Crippen molar-refractivity contribution in [3.63, 3.8) is 0 Å². The van der Waals surface area contributed by atoms with E-state index in [4.69, 9.17) is 43.7 Å². The van der Waals surface area contributed by atoms with Gasteiger partial charge in [-0.2, -0.15) is 8.42 Å². The van der Waals surface area contributed by atoms with Crippen LogP contribution >= 0.6 is 46.6 Å². The lowest BCUT2D eigenvalue weighted by Crippen LogP contribution is -2.27. The number of amides is 2. The first kappa shape index (κ1) is 27.3. The molecule has 0 bridgehead atoms. The highest BCUT2D eigenvalue weighted by Gasteiger charge is 2.35. The second-order valence-electron chi connectivity index (χ2n) is 7.60. The van der Waals surface area contributed by atoms with Crippen molar-refractivity contribution in [2.24, 2.45) is 0 Å². The summed E-state index contributed by atoms with van der Waals surface area (Å²) in [6, 6.07) is 15.0. The van der Waals surface area contributed by atoms with E-state index in [0.717, 1.165) is 16.7 Å². The molecule has 2 amide bonds. The molecule has 12 heteroatoms. The van der Waals surface area contributed by atoms with Crippen molar-refractivity contribution in [1.82, 2.24) is 4.90 Å². The molecule has 1 heterocycles. The van der Waals surface area contributed by atoms with Crippen LogP contribution in [0.5, 0.6) is 11.5 Å². The second-order valence-corrected chi connectivity index (χ2v) is 11.4. The zero-order valence-corrected chi connectivity index (χ0v) is 23.0. The van der Waals surface area contributed by atoms with Gasteiger partial charge in [0.25, 0.3) is 11.1 Å². The van der Waals surface area contributed by atoms with Crippen molar-refractivity contribution in [3.8, 4) is 11.5 Å². The molecule has 0 spiro atoms. The van der Waals surface area contributed by atoms with Gasteiger partial charge in [0.2, 0.25) is 0 Å². The van der Waals surface area contributed by atoms with Crippen LogP contribution < -0.4 is 8.92 Å². The van der Waals surface area contributed by atoms with E-state index in [1.807, 2.05) is 0 Å². The summed E-state index contributed by atoms with van der Waals surface area (Å²) in [6.07, 6.45) is 1.51. The highest BCUT2D eigenvalue weighted by atomic mass is 35.5. The van der Waals surface area contributed by atoms with Gasteiger partial charge in [0, 0.05) is 20.6 Å². The fraction of sp³-hybridized carbons (Fsp3) is 0.120. The Kier molecular flexibility index (Phi) is 8.40. The van der Waals surface area contributed by atoms with E-state index >= 15 is 0 Å². The minimum Gasteiger partial charge on any atom is -0.490 e. The third-order valence-corrected chi connectivity index (χ3v) is 8.23. The Morgan fingerprint density at radius 3 is 2.27 bits per heavy atom. The molecule has 3 aromatic carbocycles. The van der Waals surface area contributed by atoms with Crippen LogP contribution in [0.1, 0.15) is 18.1 Å². The number of hydrogen-bond acceptors (Lipinski definition) is 7. The quantitative estimate of drug-likeness (QED) is 0.203. The summed E-state index contributed by atoms with van der Waals surface area (Å²) in [5.41, 5.74) is 0.970. The van der Waals surface area contributed by atoms with Crippen molar-refractivity contribution in [2.45, 2.75) is 18.4 Å². The highest BCUT2D eigenvalue weighted by Crippen LogP contribution is 2.37. The summed E-state index contributed by atoms with van der Waals surface area (Å²) in [5, 5.41) is 0.617. The molecule has 0 atom stereocenters. The van der Waals surface area contributed by atoms with E-state index in [9.17, 15) is 18.0 Å². The summed E-state index contributed by atoms with van der Waals surface area (Å²) >= 11 is 19.0. The average molecular weight is 599 g/mol. The molecule has 0 saturated carbocycles. The molecule has 3 aromatic rings. The Bertz CT molecular complexity index is 1490. The zero-order valence-electron chi connectivity index (χ0n) is 19.1. The molecule has 0 unspecified atom stereocenters. The Labute approximate surface area is 233 Å². The van der Waals surface area contributed by atoms with Crippen molar-refractivity contribution in [3.05, 3.63) is 91.8 Å². The fourth-order valence-corrected chi connectivity index (χ4v) is 5.77. The second kappa shape index (κ2) is 11.4. The highest BCUT2D eigenvalue weighted by molar-refractivity contribution is 8.18. The molecule has 192 valence electrons. The molecule has 1 aliphatic rings. The first-order valence-corrected chi connectivity index (χ1v) is 14.1.